The van der Waals surface area contributed by atoms with Gasteiger partial charge in [0.2, 0.25) is 0 Å². The van der Waals surface area contributed by atoms with E-state index in [1.54, 1.807) is 7.05 Å². The minimum absolute atomic E-state index is 0.108. The van der Waals surface area contributed by atoms with Gasteiger partial charge >= 0.3 is 5.97 Å². The van der Waals surface area contributed by atoms with Crippen molar-refractivity contribution >= 4 is 17.3 Å². The molecule has 2 N–H and O–H groups in total. The van der Waals surface area contributed by atoms with Crippen LogP contribution in [0.15, 0.2) is 18.2 Å². The first-order valence-corrected chi connectivity index (χ1v) is 3.75. The number of carboxylic acid groups (broad SMARTS) is 1. The summed E-state index contributed by atoms with van der Waals surface area (Å²) in [6, 6.07) is 3.62. The zero-order valence-electron chi connectivity index (χ0n) is 7.35. The lowest BCUT2D eigenvalue weighted by Gasteiger charge is -2.01. The average molecular weight is 196 g/mol. The molecule has 0 radical (unpaired) electrons. The van der Waals surface area contributed by atoms with Crippen molar-refractivity contribution in [2.45, 2.75) is 0 Å². The van der Waals surface area contributed by atoms with E-state index in [1.807, 2.05) is 0 Å². The van der Waals surface area contributed by atoms with Crippen LogP contribution in [0.25, 0.3) is 0 Å². The Morgan fingerprint density at radius 3 is 2.57 bits per heavy atom. The maximum Gasteiger partial charge on any atom is 0.336 e. The molecule has 0 unspecified atom stereocenters. The predicted molar refractivity (Wildman–Crippen MR) is 49.6 cm³/mol. The van der Waals surface area contributed by atoms with Gasteiger partial charge in [-0.1, -0.05) is 0 Å². The van der Waals surface area contributed by atoms with Crippen LogP contribution >= 0.6 is 0 Å². The van der Waals surface area contributed by atoms with Crippen molar-refractivity contribution in [1.82, 2.24) is 0 Å². The van der Waals surface area contributed by atoms with Crippen molar-refractivity contribution in [3.63, 3.8) is 0 Å². The minimum atomic E-state index is -1.19. The summed E-state index contributed by atoms with van der Waals surface area (Å²) in [7, 11) is 1.56. The van der Waals surface area contributed by atoms with Crippen LogP contribution in [-0.4, -0.2) is 23.0 Å². The SMILES string of the molecule is CNc1cc(C(=O)O)cc([N+](=O)[O-])c1. The Kier molecular flexibility index (Phi) is 2.66. The van der Waals surface area contributed by atoms with Crippen LogP contribution in [0.5, 0.6) is 0 Å². The van der Waals surface area contributed by atoms with E-state index in [4.69, 9.17) is 5.11 Å². The fourth-order valence-corrected chi connectivity index (χ4v) is 0.984. The van der Waals surface area contributed by atoms with Gasteiger partial charge < -0.3 is 10.4 Å². The predicted octanol–water partition coefficient (Wildman–Crippen LogP) is 1.33. The molecule has 6 nitrogen and oxygen atoms in total. The number of nitrogens with zero attached hydrogens (tertiary/aromatic N) is 1. The number of carboxylic acids is 1. The quantitative estimate of drug-likeness (QED) is 0.562. The zero-order chi connectivity index (χ0) is 10.7. The number of hydrogen-bond acceptors (Lipinski definition) is 4. The number of nitro groups is 1. The van der Waals surface area contributed by atoms with Crippen molar-refractivity contribution in [2.75, 3.05) is 12.4 Å². The number of rotatable bonds is 3. The van der Waals surface area contributed by atoms with Crippen molar-refractivity contribution in [2.24, 2.45) is 0 Å². The summed E-state index contributed by atoms with van der Waals surface area (Å²) in [5.41, 5.74) is 0.0504. The summed E-state index contributed by atoms with van der Waals surface area (Å²) in [4.78, 5) is 20.4. The van der Waals surface area contributed by atoms with Gasteiger partial charge in [0.1, 0.15) is 0 Å². The molecule has 0 aliphatic carbocycles. The maximum atomic E-state index is 10.6. The molecule has 74 valence electrons. The van der Waals surface area contributed by atoms with E-state index in [1.165, 1.54) is 12.1 Å². The molecule has 0 atom stereocenters. The normalized spacial score (nSPS) is 9.50. The number of aromatic carboxylic acids is 1. The van der Waals surface area contributed by atoms with Gasteiger partial charge in [-0.15, -0.1) is 0 Å². The van der Waals surface area contributed by atoms with Crippen LogP contribution in [0.4, 0.5) is 11.4 Å². The topological polar surface area (TPSA) is 92.5 Å². The van der Waals surface area contributed by atoms with E-state index in [9.17, 15) is 14.9 Å². The van der Waals surface area contributed by atoms with Crippen LogP contribution < -0.4 is 5.32 Å². The Morgan fingerprint density at radius 2 is 2.14 bits per heavy atom. The first kappa shape index (κ1) is 9.97. The molecule has 0 fully saturated rings. The van der Waals surface area contributed by atoms with Gasteiger partial charge in [-0.2, -0.15) is 0 Å². The lowest BCUT2D eigenvalue weighted by Crippen LogP contribution is -2.00. The van der Waals surface area contributed by atoms with Gasteiger partial charge in [-0.25, -0.2) is 4.79 Å². The van der Waals surface area contributed by atoms with Crippen molar-refractivity contribution in [3.05, 3.63) is 33.9 Å². The van der Waals surface area contributed by atoms with Gasteiger partial charge in [-0.05, 0) is 6.07 Å². The highest BCUT2D eigenvalue weighted by Crippen LogP contribution is 2.20. The molecule has 0 aliphatic heterocycles. The molecule has 0 aromatic heterocycles. The number of nitrogens with one attached hydrogen (secondary N) is 1. The molecule has 0 amide bonds. The number of non-ortho nitro benzene ring substituents is 1. The van der Waals surface area contributed by atoms with E-state index in [-0.39, 0.29) is 11.3 Å². The third kappa shape index (κ3) is 1.98. The highest BCUT2D eigenvalue weighted by atomic mass is 16.6. The summed E-state index contributed by atoms with van der Waals surface area (Å²) in [6.07, 6.45) is 0. The van der Waals surface area contributed by atoms with E-state index < -0.39 is 10.9 Å². The maximum absolute atomic E-state index is 10.6. The van der Waals surface area contributed by atoms with E-state index >= 15 is 0 Å². The van der Waals surface area contributed by atoms with Crippen molar-refractivity contribution in [3.8, 4) is 0 Å². The molecule has 0 spiro atoms. The van der Waals surface area contributed by atoms with Crippen LogP contribution in [0, 0.1) is 10.1 Å². The Balaban J connectivity index is 3.27. The van der Waals surface area contributed by atoms with E-state index in [0.29, 0.717) is 5.69 Å². The Hall–Kier alpha value is -2.11. The van der Waals surface area contributed by atoms with Crippen LogP contribution in [0.1, 0.15) is 10.4 Å². The lowest BCUT2D eigenvalue weighted by molar-refractivity contribution is -0.384. The van der Waals surface area contributed by atoms with Crippen LogP contribution in [0.2, 0.25) is 0 Å². The van der Waals surface area contributed by atoms with Crippen LogP contribution in [-0.2, 0) is 0 Å². The number of anilines is 1. The van der Waals surface area contributed by atoms with Gasteiger partial charge in [0.15, 0.2) is 0 Å². The molecular formula is C8H8N2O4. The minimum Gasteiger partial charge on any atom is -0.478 e. The molecule has 6 heteroatoms. The largest absolute Gasteiger partial charge is 0.478 e. The van der Waals surface area contributed by atoms with Gasteiger partial charge in [0.05, 0.1) is 10.5 Å². The summed E-state index contributed by atoms with van der Waals surface area (Å²) in [5, 5.41) is 21.7. The van der Waals surface area contributed by atoms with E-state index in [0.717, 1.165) is 6.07 Å². The van der Waals surface area contributed by atoms with Gasteiger partial charge in [-0.3, -0.25) is 10.1 Å². The molecule has 14 heavy (non-hydrogen) atoms. The molecule has 0 aliphatic rings. The van der Waals surface area contributed by atoms with Crippen LogP contribution in [0.3, 0.4) is 0 Å². The average Bonchev–Trinajstić information content (AvgIpc) is 2.16. The standard InChI is InChI=1S/C8H8N2O4/c1-9-6-2-5(8(11)12)3-7(4-6)10(13)14/h2-4,9H,1H3,(H,11,12). The fraction of sp³-hybridized carbons (Fsp3) is 0.125. The van der Waals surface area contributed by atoms with Gasteiger partial charge in [0.25, 0.3) is 5.69 Å². The second-order valence-corrected chi connectivity index (χ2v) is 2.58. The second-order valence-electron chi connectivity index (χ2n) is 2.58. The Morgan fingerprint density at radius 1 is 1.50 bits per heavy atom. The fourth-order valence-electron chi connectivity index (χ4n) is 0.984. The molecule has 1 aromatic rings. The summed E-state index contributed by atoms with van der Waals surface area (Å²) >= 11 is 0. The molecule has 1 rings (SSSR count). The third-order valence-corrected chi connectivity index (χ3v) is 1.66. The van der Waals surface area contributed by atoms with Crippen molar-refractivity contribution < 1.29 is 14.8 Å². The molecular weight excluding hydrogens is 188 g/mol. The van der Waals surface area contributed by atoms with Gasteiger partial charge in [0, 0.05) is 24.9 Å². The lowest BCUT2D eigenvalue weighted by atomic mass is 10.2. The molecule has 0 saturated heterocycles. The monoisotopic (exact) mass is 196 g/mol. The summed E-state index contributed by atoms with van der Waals surface area (Å²) < 4.78 is 0. The smallest absolute Gasteiger partial charge is 0.336 e. The Labute approximate surface area is 79.3 Å². The number of benzene rings is 1. The van der Waals surface area contributed by atoms with Crippen molar-refractivity contribution in [1.29, 1.82) is 0 Å². The molecule has 1 aromatic carbocycles. The number of hydrogen-bond donors (Lipinski definition) is 2. The molecule has 0 bridgehead atoms. The number of nitro benzene ring substituents is 1. The highest BCUT2D eigenvalue weighted by molar-refractivity contribution is 5.89. The highest BCUT2D eigenvalue weighted by Gasteiger charge is 2.12. The first-order chi connectivity index (χ1) is 6.54. The Bertz CT molecular complexity index is 357. The second kappa shape index (κ2) is 3.73. The molecule has 0 saturated carbocycles. The first-order valence-electron chi connectivity index (χ1n) is 3.75. The third-order valence-electron chi connectivity index (χ3n) is 1.66. The summed E-state index contributed by atoms with van der Waals surface area (Å²) in [6.45, 7) is 0. The molecule has 0 heterocycles. The summed E-state index contributed by atoms with van der Waals surface area (Å²) in [5.74, 6) is -1.19. The number of carbonyl (C=O) groups is 1. The zero-order valence-corrected chi connectivity index (χ0v) is 7.35. The van der Waals surface area contributed by atoms with E-state index in [2.05, 4.69) is 5.32 Å².